The standard InChI is InChI=1S/C28H20N3.C5H12O2.Ir/c1-30-18-19-31(20-30)28(27-17-9-16-26(29-27)21-10-3-2-4-11-21)24-14-7-5-12-22(24)23-13-6-8-15-25(23)28;1-4(6)3-5(2)7;/h2-10,12-14,16-20H,1H3;4-7H,3H2,1-2H3;/q-3;;+3/t28-;;/m1../s1. The van der Waals surface area contributed by atoms with E-state index in [9.17, 15) is 0 Å². The number of pyridine rings is 1. The quantitative estimate of drug-likeness (QED) is 0.267. The van der Waals surface area contributed by atoms with Gasteiger partial charge in [-0.05, 0) is 57.0 Å². The first-order valence-corrected chi connectivity index (χ1v) is 12.9. The third kappa shape index (κ3) is 5.57. The molecule has 1 aliphatic heterocycles. The van der Waals surface area contributed by atoms with Gasteiger partial charge in [0.25, 0.3) is 0 Å². The number of rotatable bonds is 5. The molecule has 1 aliphatic carbocycles. The van der Waals surface area contributed by atoms with Crippen LogP contribution in [0.3, 0.4) is 0 Å². The Morgan fingerprint density at radius 1 is 0.846 bits per heavy atom. The number of hydrogen-bond donors (Lipinski definition) is 2. The zero-order valence-corrected chi connectivity index (χ0v) is 24.6. The third-order valence-corrected chi connectivity index (χ3v) is 6.77. The van der Waals surface area contributed by atoms with Crippen LogP contribution in [-0.2, 0) is 25.6 Å². The van der Waals surface area contributed by atoms with Crippen LogP contribution < -0.4 is 0 Å². The summed E-state index contributed by atoms with van der Waals surface area (Å²) in [6.45, 7) is 5.44. The maximum atomic E-state index is 8.56. The van der Waals surface area contributed by atoms with Gasteiger partial charge in [0.2, 0.25) is 0 Å². The van der Waals surface area contributed by atoms with Crippen LogP contribution in [-0.4, -0.2) is 44.3 Å². The predicted octanol–water partition coefficient (Wildman–Crippen LogP) is 5.59. The van der Waals surface area contributed by atoms with Crippen LogP contribution in [0.5, 0.6) is 0 Å². The second kappa shape index (κ2) is 12.3. The van der Waals surface area contributed by atoms with Gasteiger partial charge in [-0.1, -0.05) is 42.0 Å². The van der Waals surface area contributed by atoms with Crippen molar-refractivity contribution in [3.63, 3.8) is 0 Å². The number of aliphatic hydroxyl groups excluding tert-OH is 2. The molecule has 200 valence electrons. The van der Waals surface area contributed by atoms with Crippen molar-refractivity contribution in [1.82, 2.24) is 14.8 Å². The van der Waals surface area contributed by atoms with Gasteiger partial charge in [0.15, 0.2) is 0 Å². The Bertz CT molecular complexity index is 1370. The SMILES string of the molecule is CC(O)CC(C)O.CN1C=CN([C@@]2(c3cccc(-c4[c-]cccc4)n3)c3[c-]cccc3-c3ccccc32)[CH-]1.[Ir+3]. The van der Waals surface area contributed by atoms with Gasteiger partial charge in [-0.25, -0.2) is 0 Å². The maximum Gasteiger partial charge on any atom is 3.00 e. The van der Waals surface area contributed by atoms with E-state index in [2.05, 4.69) is 102 Å². The van der Waals surface area contributed by atoms with Gasteiger partial charge >= 0.3 is 20.1 Å². The zero-order valence-electron chi connectivity index (χ0n) is 22.2. The molecule has 0 saturated carbocycles. The Balaban J connectivity index is 0.000000394. The van der Waals surface area contributed by atoms with Gasteiger partial charge in [-0.2, -0.15) is 30.9 Å². The molecule has 0 saturated heterocycles. The summed E-state index contributed by atoms with van der Waals surface area (Å²) in [5.74, 6) is 0. The Morgan fingerprint density at radius 2 is 1.56 bits per heavy atom. The maximum absolute atomic E-state index is 8.56. The first-order valence-electron chi connectivity index (χ1n) is 12.9. The van der Waals surface area contributed by atoms with E-state index >= 15 is 0 Å². The fourth-order valence-corrected chi connectivity index (χ4v) is 5.28. The van der Waals surface area contributed by atoms with Gasteiger partial charge in [-0.3, -0.25) is 4.98 Å². The van der Waals surface area contributed by atoms with Crippen molar-refractivity contribution in [2.24, 2.45) is 0 Å². The Hall–Kier alpha value is -3.28. The zero-order chi connectivity index (χ0) is 26.7. The van der Waals surface area contributed by atoms with Crippen LogP contribution in [0.4, 0.5) is 0 Å². The second-order valence-corrected chi connectivity index (χ2v) is 9.82. The van der Waals surface area contributed by atoms with Crippen LogP contribution in [0.25, 0.3) is 22.4 Å². The van der Waals surface area contributed by atoms with Gasteiger partial charge in [0, 0.05) is 0 Å². The summed E-state index contributed by atoms with van der Waals surface area (Å²) in [7, 11) is 2.05. The fraction of sp³-hybridized carbons (Fsp3) is 0.212. The molecule has 0 fully saturated rings. The third-order valence-electron chi connectivity index (χ3n) is 6.77. The fourth-order valence-electron chi connectivity index (χ4n) is 5.28. The molecule has 4 aromatic rings. The van der Waals surface area contributed by atoms with Crippen molar-refractivity contribution in [1.29, 1.82) is 0 Å². The van der Waals surface area contributed by atoms with Gasteiger partial charge in [-0.15, -0.1) is 47.0 Å². The number of nitrogens with zero attached hydrogens (tertiary/aromatic N) is 3. The molecule has 39 heavy (non-hydrogen) atoms. The summed E-state index contributed by atoms with van der Waals surface area (Å²) in [5.41, 5.74) is 7.03. The topological polar surface area (TPSA) is 59.8 Å². The molecule has 6 rings (SSSR count). The molecular formula is C33H32IrN3O2. The van der Waals surface area contributed by atoms with E-state index < -0.39 is 5.54 Å². The second-order valence-electron chi connectivity index (χ2n) is 9.82. The molecule has 2 N–H and O–H groups in total. The van der Waals surface area contributed by atoms with Crippen molar-refractivity contribution in [3.05, 3.63) is 133 Å². The number of benzene rings is 3. The minimum Gasteiger partial charge on any atom is -0.511 e. The molecule has 0 spiro atoms. The largest absolute Gasteiger partial charge is 3.00 e. The number of aliphatic hydroxyl groups is 2. The molecule has 2 heterocycles. The van der Waals surface area contributed by atoms with Crippen LogP contribution in [0.15, 0.2) is 97.3 Å². The molecule has 6 heteroatoms. The van der Waals surface area contributed by atoms with E-state index in [4.69, 9.17) is 15.2 Å². The van der Waals surface area contributed by atoms with Crippen molar-refractivity contribution in [3.8, 4) is 22.4 Å². The van der Waals surface area contributed by atoms with Gasteiger partial charge in [0.1, 0.15) is 0 Å². The number of fused-ring (bicyclic) bond motifs is 3. The van der Waals surface area contributed by atoms with E-state index in [-0.39, 0.29) is 32.3 Å². The first kappa shape index (κ1) is 28.7. The smallest absolute Gasteiger partial charge is 0.511 e. The Morgan fingerprint density at radius 3 is 2.23 bits per heavy atom. The monoisotopic (exact) mass is 695 g/mol. The molecule has 3 atom stereocenters. The number of hydrogen-bond acceptors (Lipinski definition) is 5. The first-order chi connectivity index (χ1) is 18.4. The summed E-state index contributed by atoms with van der Waals surface area (Å²) < 4.78 is 0. The van der Waals surface area contributed by atoms with E-state index in [1.165, 1.54) is 16.7 Å². The molecule has 2 unspecified atom stereocenters. The molecule has 2 aliphatic rings. The van der Waals surface area contributed by atoms with Crippen LogP contribution in [0, 0.1) is 18.8 Å². The molecule has 5 nitrogen and oxygen atoms in total. The van der Waals surface area contributed by atoms with Gasteiger partial charge < -0.3 is 20.0 Å². The minimum absolute atomic E-state index is 0. The average Bonchev–Trinajstić information content (AvgIpc) is 3.48. The predicted molar refractivity (Wildman–Crippen MR) is 150 cm³/mol. The molecule has 1 aromatic heterocycles. The van der Waals surface area contributed by atoms with E-state index in [1.807, 2.05) is 31.3 Å². The summed E-state index contributed by atoms with van der Waals surface area (Å²) >= 11 is 0. The minimum atomic E-state index is -0.598. The van der Waals surface area contributed by atoms with Crippen molar-refractivity contribution >= 4 is 0 Å². The molecule has 0 bridgehead atoms. The number of aromatic nitrogens is 1. The molecule has 3 aromatic carbocycles. The normalized spacial score (nSPS) is 18.4. The van der Waals surface area contributed by atoms with Gasteiger partial charge in [0.05, 0.1) is 23.4 Å². The van der Waals surface area contributed by atoms with E-state index in [0.717, 1.165) is 22.5 Å². The summed E-state index contributed by atoms with van der Waals surface area (Å²) in [6.07, 6.45) is 3.91. The Labute approximate surface area is 244 Å². The Kier molecular flexibility index (Phi) is 9.04. The molecule has 0 amide bonds. The molecule has 0 radical (unpaired) electrons. The molecular weight excluding hydrogens is 663 g/mol. The van der Waals surface area contributed by atoms with E-state index in [1.54, 1.807) is 13.8 Å². The van der Waals surface area contributed by atoms with Crippen molar-refractivity contribution in [2.75, 3.05) is 7.05 Å². The van der Waals surface area contributed by atoms with Crippen LogP contribution >= 0.6 is 0 Å². The summed E-state index contributed by atoms with van der Waals surface area (Å²) in [6, 6.07) is 36.0. The van der Waals surface area contributed by atoms with E-state index in [0.29, 0.717) is 6.42 Å². The van der Waals surface area contributed by atoms with Crippen LogP contribution in [0.2, 0.25) is 0 Å². The summed E-state index contributed by atoms with van der Waals surface area (Å²) in [4.78, 5) is 9.53. The van der Waals surface area contributed by atoms with Crippen molar-refractivity contribution in [2.45, 2.75) is 38.0 Å². The van der Waals surface area contributed by atoms with Crippen molar-refractivity contribution < 1.29 is 30.3 Å². The van der Waals surface area contributed by atoms with Crippen LogP contribution in [0.1, 0.15) is 37.1 Å². The summed E-state index contributed by atoms with van der Waals surface area (Å²) in [5, 5.41) is 17.1. The average molecular weight is 695 g/mol.